The minimum Gasteiger partial charge on any atom is -0.381 e. The topological polar surface area (TPSA) is 45.7 Å². The highest BCUT2D eigenvalue weighted by Gasteiger charge is 2.31. The fourth-order valence-corrected chi connectivity index (χ4v) is 3.39. The van der Waals surface area contributed by atoms with E-state index in [4.69, 9.17) is 9.73 Å². The van der Waals surface area contributed by atoms with Crippen molar-refractivity contribution in [2.24, 2.45) is 10.9 Å². The molecule has 1 aliphatic heterocycles. The zero-order valence-electron chi connectivity index (χ0n) is 15.3. The quantitative estimate of drug-likeness (QED) is 0.239. The van der Waals surface area contributed by atoms with Crippen molar-refractivity contribution in [2.45, 2.75) is 57.6 Å². The van der Waals surface area contributed by atoms with Gasteiger partial charge in [-0.1, -0.05) is 26.7 Å². The Balaban J connectivity index is 0.00000484. The predicted octanol–water partition coefficient (Wildman–Crippen LogP) is 3.90. The van der Waals surface area contributed by atoms with Crippen LogP contribution >= 0.6 is 35.7 Å². The lowest BCUT2D eigenvalue weighted by Crippen LogP contribution is -2.41. The van der Waals surface area contributed by atoms with Crippen LogP contribution in [-0.2, 0) is 4.74 Å². The Morgan fingerprint density at radius 2 is 1.91 bits per heavy atom. The smallest absolute Gasteiger partial charge is 0.191 e. The summed E-state index contributed by atoms with van der Waals surface area (Å²) in [7, 11) is 0. The summed E-state index contributed by atoms with van der Waals surface area (Å²) in [5.74, 6) is 1.77. The third-order valence-electron chi connectivity index (χ3n) is 4.21. The maximum Gasteiger partial charge on any atom is 0.191 e. The Morgan fingerprint density at radius 3 is 2.48 bits per heavy atom. The summed E-state index contributed by atoms with van der Waals surface area (Å²) in [6, 6.07) is 0. The van der Waals surface area contributed by atoms with Crippen LogP contribution in [0.3, 0.4) is 0 Å². The summed E-state index contributed by atoms with van der Waals surface area (Å²) in [6.07, 6.45) is 8.22. The molecule has 0 aromatic rings. The molecule has 0 aromatic heterocycles. The Hall–Kier alpha value is 0.310. The lowest BCUT2D eigenvalue weighted by molar-refractivity contribution is 0.0794. The number of ether oxygens (including phenoxy) is 1. The van der Waals surface area contributed by atoms with Crippen LogP contribution in [0.4, 0.5) is 0 Å². The molecule has 0 unspecified atom stereocenters. The summed E-state index contributed by atoms with van der Waals surface area (Å²) < 4.78 is 5.76. The van der Waals surface area contributed by atoms with E-state index >= 15 is 0 Å². The summed E-state index contributed by atoms with van der Waals surface area (Å²) in [4.78, 5) is 4.83. The highest BCUT2D eigenvalue weighted by molar-refractivity contribution is 14.0. The molecule has 0 amide bonds. The molecule has 6 heteroatoms. The van der Waals surface area contributed by atoms with Crippen LogP contribution in [0.5, 0.6) is 0 Å². The number of thioether (sulfide) groups is 1. The predicted molar refractivity (Wildman–Crippen MR) is 114 cm³/mol. The van der Waals surface area contributed by atoms with E-state index in [0.29, 0.717) is 0 Å². The van der Waals surface area contributed by atoms with Gasteiger partial charge in [0.15, 0.2) is 5.96 Å². The van der Waals surface area contributed by atoms with Crippen LogP contribution in [0.1, 0.15) is 52.9 Å². The van der Waals surface area contributed by atoms with Crippen molar-refractivity contribution >= 4 is 41.7 Å². The van der Waals surface area contributed by atoms with Crippen molar-refractivity contribution in [1.82, 2.24) is 10.6 Å². The molecular formula is C17H36IN3OS. The molecule has 1 heterocycles. The number of guanidine groups is 1. The number of rotatable bonds is 9. The molecule has 0 spiro atoms. The molecular weight excluding hydrogens is 421 g/mol. The second-order valence-electron chi connectivity index (χ2n) is 6.51. The van der Waals surface area contributed by atoms with Gasteiger partial charge in [0.1, 0.15) is 0 Å². The SMILES string of the molecule is CCNC(=NCC1(SC)CCOCC1)NCCCCC(C)C.I. The number of aliphatic imine (C=N–C) groups is 1. The van der Waals surface area contributed by atoms with Crippen LogP contribution < -0.4 is 10.6 Å². The number of hydrogen-bond acceptors (Lipinski definition) is 3. The van der Waals surface area contributed by atoms with E-state index in [9.17, 15) is 0 Å². The van der Waals surface area contributed by atoms with Gasteiger partial charge in [0, 0.05) is 31.1 Å². The van der Waals surface area contributed by atoms with Gasteiger partial charge in [0.25, 0.3) is 0 Å². The summed E-state index contributed by atoms with van der Waals surface area (Å²) in [6.45, 7) is 11.2. The van der Waals surface area contributed by atoms with Crippen molar-refractivity contribution in [1.29, 1.82) is 0 Å². The fourth-order valence-electron chi connectivity index (χ4n) is 2.62. The minimum atomic E-state index is 0. The first-order chi connectivity index (χ1) is 10.6. The molecule has 0 atom stereocenters. The molecule has 0 aliphatic carbocycles. The van der Waals surface area contributed by atoms with Crippen LogP contribution in [0, 0.1) is 5.92 Å². The van der Waals surface area contributed by atoms with Crippen LogP contribution in [0.25, 0.3) is 0 Å². The second kappa shape index (κ2) is 13.6. The Morgan fingerprint density at radius 1 is 1.22 bits per heavy atom. The lowest BCUT2D eigenvalue weighted by atomic mass is 9.99. The highest BCUT2D eigenvalue weighted by Crippen LogP contribution is 2.33. The largest absolute Gasteiger partial charge is 0.381 e. The Labute approximate surface area is 164 Å². The van der Waals surface area contributed by atoms with E-state index in [2.05, 4.69) is 37.7 Å². The molecule has 2 N–H and O–H groups in total. The third-order valence-corrected chi connectivity index (χ3v) is 5.61. The molecule has 0 bridgehead atoms. The van der Waals surface area contributed by atoms with Gasteiger partial charge in [0.05, 0.1) is 6.54 Å². The number of unbranched alkanes of at least 4 members (excludes halogenated alkanes) is 1. The summed E-state index contributed by atoms with van der Waals surface area (Å²) in [5, 5.41) is 6.84. The van der Waals surface area contributed by atoms with Crippen LogP contribution in [0.2, 0.25) is 0 Å². The van der Waals surface area contributed by atoms with E-state index in [1.807, 2.05) is 11.8 Å². The average molecular weight is 457 g/mol. The molecule has 0 saturated carbocycles. The van der Waals surface area contributed by atoms with Crippen LogP contribution in [0.15, 0.2) is 4.99 Å². The van der Waals surface area contributed by atoms with Gasteiger partial charge in [-0.05, 0) is 38.4 Å². The number of nitrogens with zero attached hydrogens (tertiary/aromatic N) is 1. The van der Waals surface area contributed by atoms with E-state index < -0.39 is 0 Å². The standard InChI is InChI=1S/C17H35N3OS.HI/c1-5-18-16(19-11-7-6-8-15(2)3)20-14-17(22-4)9-12-21-13-10-17;/h15H,5-14H2,1-4H3,(H2,18,19,20);1H. The number of nitrogens with one attached hydrogen (secondary N) is 2. The average Bonchev–Trinajstić information content (AvgIpc) is 2.53. The van der Waals surface area contributed by atoms with Crippen molar-refractivity contribution in [3.63, 3.8) is 0 Å². The van der Waals surface area contributed by atoms with Gasteiger partial charge in [-0.15, -0.1) is 24.0 Å². The van der Waals surface area contributed by atoms with Crippen molar-refractivity contribution < 1.29 is 4.74 Å². The van der Waals surface area contributed by atoms with Crippen LogP contribution in [-0.4, -0.2) is 49.8 Å². The molecule has 1 saturated heterocycles. The van der Waals surface area contributed by atoms with E-state index in [1.54, 1.807) is 0 Å². The van der Waals surface area contributed by atoms with Gasteiger partial charge >= 0.3 is 0 Å². The normalized spacial score (nSPS) is 17.7. The maximum absolute atomic E-state index is 5.50. The number of halogens is 1. The molecule has 1 rings (SSSR count). The van der Waals surface area contributed by atoms with Crippen molar-refractivity contribution in [2.75, 3.05) is 39.1 Å². The Kier molecular flexibility index (Phi) is 13.8. The molecule has 138 valence electrons. The molecule has 1 aliphatic rings. The zero-order valence-corrected chi connectivity index (χ0v) is 18.5. The highest BCUT2D eigenvalue weighted by atomic mass is 127. The molecule has 23 heavy (non-hydrogen) atoms. The maximum atomic E-state index is 5.50. The monoisotopic (exact) mass is 457 g/mol. The molecule has 0 radical (unpaired) electrons. The number of hydrogen-bond donors (Lipinski definition) is 2. The van der Waals surface area contributed by atoms with Gasteiger partial charge in [-0.2, -0.15) is 11.8 Å². The van der Waals surface area contributed by atoms with Gasteiger partial charge < -0.3 is 15.4 Å². The summed E-state index contributed by atoms with van der Waals surface area (Å²) >= 11 is 1.95. The Bertz CT molecular complexity index is 321. The first kappa shape index (κ1) is 23.3. The van der Waals surface area contributed by atoms with Gasteiger partial charge in [-0.25, -0.2) is 0 Å². The van der Waals surface area contributed by atoms with Gasteiger partial charge in [0.2, 0.25) is 0 Å². The second-order valence-corrected chi connectivity index (χ2v) is 7.79. The first-order valence-corrected chi connectivity index (χ1v) is 9.99. The fraction of sp³-hybridized carbons (Fsp3) is 0.941. The van der Waals surface area contributed by atoms with E-state index in [0.717, 1.165) is 57.6 Å². The lowest BCUT2D eigenvalue weighted by Gasteiger charge is -2.34. The van der Waals surface area contributed by atoms with Crippen molar-refractivity contribution in [3.8, 4) is 0 Å². The zero-order chi connectivity index (χ0) is 16.3. The van der Waals surface area contributed by atoms with Crippen molar-refractivity contribution in [3.05, 3.63) is 0 Å². The first-order valence-electron chi connectivity index (χ1n) is 8.77. The third kappa shape index (κ3) is 10.0. The van der Waals surface area contributed by atoms with E-state index in [1.165, 1.54) is 19.3 Å². The molecule has 1 fully saturated rings. The molecule has 0 aromatic carbocycles. The molecule has 4 nitrogen and oxygen atoms in total. The summed E-state index contributed by atoms with van der Waals surface area (Å²) in [5.41, 5.74) is 0. The van der Waals surface area contributed by atoms with Gasteiger partial charge in [-0.3, -0.25) is 4.99 Å². The minimum absolute atomic E-state index is 0. The van der Waals surface area contributed by atoms with E-state index in [-0.39, 0.29) is 28.7 Å².